The lowest BCUT2D eigenvalue weighted by atomic mass is 9.88. The van der Waals surface area contributed by atoms with Gasteiger partial charge >= 0.3 is 5.97 Å². The molecule has 4 heteroatoms. The molecule has 0 saturated heterocycles. The van der Waals surface area contributed by atoms with E-state index in [0.717, 1.165) is 6.08 Å². The number of aliphatic carboxylic acids is 1. The zero-order valence-electron chi connectivity index (χ0n) is 5.90. The smallest absolute Gasteiger partial charge is 0.342 e. The molecule has 0 aliphatic heterocycles. The van der Waals surface area contributed by atoms with Crippen molar-refractivity contribution in [2.45, 2.75) is 24.5 Å². The van der Waals surface area contributed by atoms with E-state index >= 15 is 0 Å². The Morgan fingerprint density at radius 2 is 2.27 bits per heavy atom. The molecule has 0 spiro atoms. The van der Waals surface area contributed by atoms with Gasteiger partial charge in [0.2, 0.25) is 5.60 Å². The van der Waals surface area contributed by atoms with Gasteiger partial charge in [0.25, 0.3) is 0 Å². The van der Waals surface area contributed by atoms with Crippen LogP contribution in [0.15, 0.2) is 12.2 Å². The maximum Gasteiger partial charge on any atom is 0.342 e. The quantitative estimate of drug-likeness (QED) is 0.450. The van der Waals surface area contributed by atoms with Gasteiger partial charge in [-0.25, -0.2) is 4.79 Å². The lowest BCUT2D eigenvalue weighted by Crippen LogP contribution is -2.49. The summed E-state index contributed by atoms with van der Waals surface area (Å²) in [5.74, 6) is -1.40. The average molecular weight is 158 g/mol. The van der Waals surface area contributed by atoms with E-state index in [9.17, 15) is 9.90 Å². The highest BCUT2D eigenvalue weighted by atomic mass is 16.4. The molecular formula is C7H10O4. The number of aliphatic hydroxyl groups excluding tert-OH is 1. The predicted octanol–water partition coefficient (Wildman–Crippen LogP) is -0.487. The fourth-order valence-electron chi connectivity index (χ4n) is 1.06. The van der Waals surface area contributed by atoms with Crippen LogP contribution in [0, 0.1) is 0 Å². The van der Waals surface area contributed by atoms with Crippen molar-refractivity contribution in [1.82, 2.24) is 0 Å². The van der Waals surface area contributed by atoms with E-state index in [-0.39, 0.29) is 0 Å². The van der Waals surface area contributed by atoms with Crippen molar-refractivity contribution in [3.63, 3.8) is 0 Å². The van der Waals surface area contributed by atoms with E-state index in [1.54, 1.807) is 6.08 Å². The number of hydrogen-bond donors (Lipinski definition) is 3. The number of allylic oxidation sites excluding steroid dienone is 1. The lowest BCUT2D eigenvalue weighted by Gasteiger charge is -2.28. The molecule has 1 aliphatic rings. The first-order valence-corrected chi connectivity index (χ1v) is 3.39. The van der Waals surface area contributed by atoms with Gasteiger partial charge < -0.3 is 15.3 Å². The molecule has 62 valence electrons. The fraction of sp³-hybridized carbons (Fsp3) is 0.571. The summed E-state index contributed by atoms with van der Waals surface area (Å²) in [6.07, 6.45) is 2.39. The maximum absolute atomic E-state index is 10.4. The van der Waals surface area contributed by atoms with Crippen molar-refractivity contribution in [2.75, 3.05) is 0 Å². The monoisotopic (exact) mass is 158 g/mol. The summed E-state index contributed by atoms with van der Waals surface area (Å²) in [5.41, 5.74) is -2.07. The van der Waals surface area contributed by atoms with Crippen LogP contribution in [0.5, 0.6) is 0 Å². The van der Waals surface area contributed by atoms with Gasteiger partial charge in [0.05, 0.1) is 6.10 Å². The van der Waals surface area contributed by atoms with Crippen molar-refractivity contribution >= 4 is 5.97 Å². The second-order valence-electron chi connectivity index (χ2n) is 2.63. The highest BCUT2D eigenvalue weighted by molar-refractivity contribution is 5.80. The molecule has 0 unspecified atom stereocenters. The summed E-state index contributed by atoms with van der Waals surface area (Å²) in [7, 11) is 0. The zero-order valence-corrected chi connectivity index (χ0v) is 5.90. The molecule has 0 heterocycles. The van der Waals surface area contributed by atoms with Gasteiger partial charge in [-0.15, -0.1) is 0 Å². The Morgan fingerprint density at radius 3 is 2.64 bits per heavy atom. The van der Waals surface area contributed by atoms with Gasteiger partial charge in [0.1, 0.15) is 0 Å². The number of rotatable bonds is 1. The number of carboxylic acid groups (broad SMARTS) is 1. The summed E-state index contributed by atoms with van der Waals surface area (Å²) < 4.78 is 0. The van der Waals surface area contributed by atoms with E-state index in [0.29, 0.717) is 12.8 Å². The van der Waals surface area contributed by atoms with Crippen molar-refractivity contribution in [1.29, 1.82) is 0 Å². The molecule has 1 rings (SSSR count). The summed E-state index contributed by atoms with van der Waals surface area (Å²) >= 11 is 0. The van der Waals surface area contributed by atoms with Crippen LogP contribution in [0.2, 0.25) is 0 Å². The molecular weight excluding hydrogens is 148 g/mol. The first-order chi connectivity index (χ1) is 5.07. The Kier molecular flexibility index (Phi) is 1.97. The minimum absolute atomic E-state index is 0.291. The molecule has 0 saturated carbocycles. The third kappa shape index (κ3) is 1.27. The van der Waals surface area contributed by atoms with Gasteiger partial charge in [0.15, 0.2) is 0 Å². The van der Waals surface area contributed by atoms with Crippen molar-refractivity contribution < 1.29 is 20.1 Å². The van der Waals surface area contributed by atoms with E-state index < -0.39 is 17.7 Å². The van der Waals surface area contributed by atoms with Crippen LogP contribution in [-0.4, -0.2) is 33.0 Å². The van der Waals surface area contributed by atoms with Crippen LogP contribution < -0.4 is 0 Å². The molecule has 0 aromatic rings. The molecule has 11 heavy (non-hydrogen) atoms. The lowest BCUT2D eigenvalue weighted by molar-refractivity contribution is -0.164. The van der Waals surface area contributed by atoms with Gasteiger partial charge in [0, 0.05) is 0 Å². The van der Waals surface area contributed by atoms with E-state index in [1.165, 1.54) is 0 Å². The number of carbonyl (C=O) groups is 1. The maximum atomic E-state index is 10.4. The summed E-state index contributed by atoms with van der Waals surface area (Å²) in [5, 5.41) is 26.9. The minimum atomic E-state index is -2.07. The minimum Gasteiger partial charge on any atom is -0.479 e. The molecule has 0 radical (unpaired) electrons. The molecule has 0 fully saturated rings. The molecule has 0 aromatic heterocycles. The Balaban J connectivity index is 2.89. The SMILES string of the molecule is O=C(O)[C@]1(O)C=CCC[C@H]1O. The van der Waals surface area contributed by atoms with Crippen molar-refractivity contribution in [3.05, 3.63) is 12.2 Å². The average Bonchev–Trinajstić information content (AvgIpc) is 1.95. The second-order valence-corrected chi connectivity index (χ2v) is 2.63. The third-order valence-corrected chi connectivity index (χ3v) is 1.83. The van der Waals surface area contributed by atoms with Gasteiger partial charge in [-0.2, -0.15) is 0 Å². The number of aliphatic hydroxyl groups is 2. The van der Waals surface area contributed by atoms with Crippen LogP contribution in [-0.2, 0) is 4.79 Å². The summed E-state index contributed by atoms with van der Waals surface area (Å²) in [6.45, 7) is 0. The van der Waals surface area contributed by atoms with Gasteiger partial charge in [-0.1, -0.05) is 6.08 Å². The standard InChI is InChI=1S/C7H10O4/c8-5-3-1-2-4-7(5,11)6(9)10/h2,4-5,8,11H,1,3H2,(H,9,10)/t5-,7+/m1/s1. The van der Waals surface area contributed by atoms with E-state index in [1.807, 2.05) is 0 Å². The van der Waals surface area contributed by atoms with Crippen LogP contribution in [0.4, 0.5) is 0 Å². The third-order valence-electron chi connectivity index (χ3n) is 1.83. The highest BCUT2D eigenvalue weighted by Gasteiger charge is 2.42. The number of hydrogen-bond acceptors (Lipinski definition) is 3. The predicted molar refractivity (Wildman–Crippen MR) is 37.0 cm³/mol. The van der Waals surface area contributed by atoms with Gasteiger partial charge in [-0.3, -0.25) is 0 Å². The highest BCUT2D eigenvalue weighted by Crippen LogP contribution is 2.22. The zero-order chi connectivity index (χ0) is 8.48. The molecule has 2 atom stereocenters. The Morgan fingerprint density at radius 1 is 1.64 bits per heavy atom. The van der Waals surface area contributed by atoms with Crippen molar-refractivity contribution in [3.8, 4) is 0 Å². The Labute approximate surface area is 63.8 Å². The molecule has 3 N–H and O–H groups in total. The molecule has 0 amide bonds. The summed E-state index contributed by atoms with van der Waals surface area (Å²) in [6, 6.07) is 0. The van der Waals surface area contributed by atoms with Crippen molar-refractivity contribution in [2.24, 2.45) is 0 Å². The second kappa shape index (κ2) is 2.64. The van der Waals surface area contributed by atoms with E-state index in [4.69, 9.17) is 10.2 Å². The first kappa shape index (κ1) is 8.23. The molecule has 0 bridgehead atoms. The fourth-order valence-corrected chi connectivity index (χ4v) is 1.06. The Bertz CT molecular complexity index is 199. The van der Waals surface area contributed by atoms with Crippen LogP contribution in [0.3, 0.4) is 0 Å². The molecule has 1 aliphatic carbocycles. The first-order valence-electron chi connectivity index (χ1n) is 3.39. The van der Waals surface area contributed by atoms with Gasteiger partial charge in [-0.05, 0) is 18.9 Å². The molecule has 0 aromatic carbocycles. The van der Waals surface area contributed by atoms with Crippen LogP contribution in [0.1, 0.15) is 12.8 Å². The van der Waals surface area contributed by atoms with Crippen LogP contribution in [0.25, 0.3) is 0 Å². The Hall–Kier alpha value is -0.870. The number of carboxylic acids is 1. The summed E-state index contributed by atoms with van der Waals surface area (Å²) in [4.78, 5) is 10.4. The molecule has 4 nitrogen and oxygen atoms in total. The van der Waals surface area contributed by atoms with E-state index in [2.05, 4.69) is 0 Å². The topological polar surface area (TPSA) is 77.8 Å². The normalized spacial score (nSPS) is 37.1. The van der Waals surface area contributed by atoms with Crippen LogP contribution >= 0.6 is 0 Å². The largest absolute Gasteiger partial charge is 0.479 e.